The Labute approximate surface area is 277 Å². The molecule has 0 fully saturated rings. The highest BCUT2D eigenvalue weighted by Crippen LogP contribution is 2.43. The zero-order valence-corrected chi connectivity index (χ0v) is 25.8. The number of para-hydroxylation sites is 4. The number of fused-ring (bicyclic) bond motifs is 6. The summed E-state index contributed by atoms with van der Waals surface area (Å²) in [6.45, 7) is 7.57. The molecule has 0 saturated carbocycles. The second-order valence-electron chi connectivity index (χ2n) is 12.0. The van der Waals surface area contributed by atoms with Gasteiger partial charge in [0.2, 0.25) is 0 Å². The molecule has 2 aromatic heterocycles. The van der Waals surface area contributed by atoms with Crippen LogP contribution in [-0.4, -0.2) is 9.13 Å². The first-order valence-corrected chi connectivity index (χ1v) is 15.9. The Morgan fingerprint density at radius 2 is 0.833 bits per heavy atom. The third kappa shape index (κ3) is 4.14. The predicted octanol–water partition coefficient (Wildman–Crippen LogP) is 11.6. The first-order valence-electron chi connectivity index (χ1n) is 15.9. The van der Waals surface area contributed by atoms with Crippen LogP contribution in [0.4, 0.5) is 5.69 Å². The summed E-state index contributed by atoms with van der Waals surface area (Å²) >= 11 is 0. The van der Waals surface area contributed by atoms with E-state index in [2.05, 4.69) is 129 Å². The van der Waals surface area contributed by atoms with Crippen LogP contribution in [0.1, 0.15) is 5.56 Å². The van der Waals surface area contributed by atoms with E-state index >= 15 is 0 Å². The van der Waals surface area contributed by atoms with E-state index in [0.717, 1.165) is 55.7 Å². The van der Waals surface area contributed by atoms with Crippen LogP contribution in [0.2, 0.25) is 0 Å². The summed E-state index contributed by atoms with van der Waals surface area (Å²) in [5.74, 6) is 0. The summed E-state index contributed by atoms with van der Waals surface area (Å²) in [7, 11) is 0. The number of benzene rings is 7. The average molecular weight is 611 g/mol. The maximum Gasteiger partial charge on any atom is 0.187 e. The molecule has 9 rings (SSSR count). The van der Waals surface area contributed by atoms with Gasteiger partial charge in [-0.25, -0.2) is 4.85 Å². The van der Waals surface area contributed by atoms with Crippen molar-refractivity contribution in [2.45, 2.75) is 0 Å². The van der Waals surface area contributed by atoms with Crippen LogP contribution < -0.4 is 0 Å². The first-order chi connectivity index (χ1) is 23.7. The van der Waals surface area contributed by atoms with Gasteiger partial charge in [0.05, 0.1) is 51.6 Å². The van der Waals surface area contributed by atoms with E-state index in [-0.39, 0.29) is 0 Å². The van der Waals surface area contributed by atoms with E-state index in [4.69, 9.17) is 6.57 Å². The largest absolute Gasteiger partial charge is 0.309 e. The highest BCUT2D eigenvalue weighted by atomic mass is 15.0. The molecule has 0 saturated heterocycles. The molecular formula is C44H26N4. The fraction of sp³-hybridized carbons (Fsp3) is 0. The molecule has 222 valence electrons. The molecular weight excluding hydrogens is 585 g/mol. The van der Waals surface area contributed by atoms with Crippen LogP contribution in [0.5, 0.6) is 0 Å². The third-order valence-electron chi connectivity index (χ3n) is 9.39. The van der Waals surface area contributed by atoms with Gasteiger partial charge >= 0.3 is 0 Å². The van der Waals surface area contributed by atoms with Crippen LogP contribution in [0, 0.1) is 17.9 Å². The fourth-order valence-electron chi connectivity index (χ4n) is 7.21. The van der Waals surface area contributed by atoms with Gasteiger partial charge < -0.3 is 9.13 Å². The van der Waals surface area contributed by atoms with E-state index < -0.39 is 0 Å². The van der Waals surface area contributed by atoms with Gasteiger partial charge in [0, 0.05) is 32.7 Å². The second kappa shape index (κ2) is 10.9. The van der Waals surface area contributed by atoms with Crippen molar-refractivity contribution in [1.82, 2.24) is 9.13 Å². The Kier molecular flexibility index (Phi) is 6.22. The highest BCUT2D eigenvalue weighted by molar-refractivity contribution is 6.11. The van der Waals surface area contributed by atoms with Crippen molar-refractivity contribution in [3.05, 3.63) is 175 Å². The first kappa shape index (κ1) is 27.4. The smallest absolute Gasteiger partial charge is 0.187 e. The monoisotopic (exact) mass is 610 g/mol. The molecule has 0 bridgehead atoms. The van der Waals surface area contributed by atoms with Gasteiger partial charge in [0.15, 0.2) is 5.69 Å². The zero-order chi connectivity index (χ0) is 32.2. The summed E-state index contributed by atoms with van der Waals surface area (Å²) in [6, 6.07) is 56.9. The van der Waals surface area contributed by atoms with Crippen molar-refractivity contribution in [3.63, 3.8) is 0 Å². The van der Waals surface area contributed by atoms with Crippen molar-refractivity contribution >= 4 is 49.3 Å². The molecule has 7 aromatic carbocycles. The van der Waals surface area contributed by atoms with Crippen LogP contribution >= 0.6 is 0 Å². The maximum absolute atomic E-state index is 9.61. The topological polar surface area (TPSA) is 38.0 Å². The summed E-state index contributed by atoms with van der Waals surface area (Å²) in [6.07, 6.45) is 0. The van der Waals surface area contributed by atoms with E-state index in [9.17, 15) is 5.26 Å². The molecule has 0 N–H and O–H groups in total. The minimum absolute atomic E-state index is 0.603. The number of hydrogen-bond acceptors (Lipinski definition) is 1. The summed E-state index contributed by atoms with van der Waals surface area (Å²) in [4.78, 5) is 3.66. The quantitative estimate of drug-likeness (QED) is 0.183. The van der Waals surface area contributed by atoms with E-state index in [1.807, 2.05) is 48.5 Å². The molecule has 0 atom stereocenters. The fourth-order valence-corrected chi connectivity index (χ4v) is 7.21. The second-order valence-corrected chi connectivity index (χ2v) is 12.0. The molecule has 0 unspecified atom stereocenters. The highest BCUT2D eigenvalue weighted by Gasteiger charge is 2.22. The summed E-state index contributed by atoms with van der Waals surface area (Å²) in [5, 5.41) is 14.4. The van der Waals surface area contributed by atoms with Gasteiger partial charge in [-0.2, -0.15) is 5.26 Å². The minimum atomic E-state index is 0.603. The third-order valence-corrected chi connectivity index (χ3v) is 9.39. The predicted molar refractivity (Wildman–Crippen MR) is 197 cm³/mol. The van der Waals surface area contributed by atoms with Crippen molar-refractivity contribution in [1.29, 1.82) is 5.26 Å². The SMILES string of the molecule is [C-]#[N+]c1ccc(-c2cc(-c3ccc(C#N)cc3)c(-n3c4ccccc4c4ccccc43)cc2-n2c3ccccc3c3ccccc32)cc1. The van der Waals surface area contributed by atoms with Gasteiger partial charge in [-0.3, -0.25) is 0 Å². The van der Waals surface area contributed by atoms with Gasteiger partial charge in [-0.05, 0) is 59.7 Å². The number of nitriles is 1. The molecule has 2 heterocycles. The number of rotatable bonds is 4. The molecule has 48 heavy (non-hydrogen) atoms. The lowest BCUT2D eigenvalue weighted by Crippen LogP contribution is -2.04. The van der Waals surface area contributed by atoms with Crippen LogP contribution in [0.25, 0.3) is 82.1 Å². The molecule has 0 amide bonds. The molecule has 4 nitrogen and oxygen atoms in total. The summed E-state index contributed by atoms with van der Waals surface area (Å²) in [5.41, 5.74) is 11.9. The Balaban J connectivity index is 1.48. The van der Waals surface area contributed by atoms with Crippen molar-refractivity contribution in [3.8, 4) is 39.7 Å². The number of hydrogen-bond donors (Lipinski definition) is 0. The lowest BCUT2D eigenvalue weighted by Gasteiger charge is -2.21. The van der Waals surface area contributed by atoms with Gasteiger partial charge in [-0.1, -0.05) is 109 Å². The maximum atomic E-state index is 9.61. The van der Waals surface area contributed by atoms with Gasteiger partial charge in [-0.15, -0.1) is 0 Å². The van der Waals surface area contributed by atoms with Gasteiger partial charge in [0.1, 0.15) is 0 Å². The molecule has 4 heteroatoms. The molecule has 9 aromatic rings. The van der Waals surface area contributed by atoms with Gasteiger partial charge in [0.25, 0.3) is 0 Å². The lowest BCUT2D eigenvalue weighted by molar-refractivity contribution is 1.14. The average Bonchev–Trinajstić information content (AvgIpc) is 3.67. The molecule has 0 aliphatic rings. The minimum Gasteiger partial charge on any atom is -0.309 e. The van der Waals surface area contributed by atoms with Crippen LogP contribution in [0.15, 0.2) is 158 Å². The normalized spacial score (nSPS) is 11.3. The van der Waals surface area contributed by atoms with Crippen molar-refractivity contribution in [2.24, 2.45) is 0 Å². The number of aromatic nitrogens is 2. The Morgan fingerprint density at radius 1 is 0.458 bits per heavy atom. The van der Waals surface area contributed by atoms with E-state index in [1.54, 1.807) is 0 Å². The Morgan fingerprint density at radius 3 is 1.21 bits per heavy atom. The van der Waals surface area contributed by atoms with E-state index in [1.165, 1.54) is 21.5 Å². The molecule has 0 spiro atoms. The van der Waals surface area contributed by atoms with Crippen LogP contribution in [-0.2, 0) is 0 Å². The van der Waals surface area contributed by atoms with Crippen molar-refractivity contribution in [2.75, 3.05) is 0 Å². The Bertz CT molecular complexity index is 2490. The van der Waals surface area contributed by atoms with E-state index in [0.29, 0.717) is 11.3 Å². The Hall–Kier alpha value is -6.88. The number of nitrogens with zero attached hydrogens (tertiary/aromatic N) is 4. The standard InChI is InChI=1S/C44H26N4/c1-46-32-24-22-31(23-25-32)38-26-37(30-20-18-29(28-45)19-21-30)43(47-39-14-6-2-10-33(39)34-11-3-7-15-40(34)47)27-44(38)48-41-16-8-4-12-35(41)36-13-5-9-17-42(36)48/h2-27H. The van der Waals surface area contributed by atoms with Crippen LogP contribution in [0.3, 0.4) is 0 Å². The van der Waals surface area contributed by atoms with Crippen molar-refractivity contribution < 1.29 is 0 Å². The zero-order valence-electron chi connectivity index (χ0n) is 25.8. The molecule has 0 radical (unpaired) electrons. The summed E-state index contributed by atoms with van der Waals surface area (Å²) < 4.78 is 4.75. The molecule has 0 aliphatic carbocycles. The molecule has 0 aliphatic heterocycles. The lowest BCUT2D eigenvalue weighted by atomic mass is 9.94.